The highest BCUT2D eigenvalue weighted by Gasteiger charge is 2.26. The molecule has 9 heavy (non-hydrogen) atoms. The third kappa shape index (κ3) is 1.89. The fraction of sp³-hybridized carbons (Fsp3) is 1.00. The molecule has 0 bridgehead atoms. The molecule has 0 amide bonds. The third-order valence-electron chi connectivity index (χ3n) is 2.31. The molecule has 0 radical (unpaired) electrons. The Morgan fingerprint density at radius 1 is 1.33 bits per heavy atom. The smallest absolute Gasteiger partial charge is 0.00417 e. The highest BCUT2D eigenvalue weighted by Crippen LogP contribution is 2.37. The Hall–Kier alpha value is 0.350. The van der Waals surface area contributed by atoms with Crippen LogP contribution < -0.4 is 0 Å². The molecule has 1 rings (SSSR count). The lowest BCUT2D eigenvalue weighted by Gasteiger charge is -2.34. The van der Waals surface area contributed by atoms with E-state index in [-0.39, 0.29) is 0 Å². The number of thioether (sulfide) groups is 1. The number of rotatable bonds is 3. The summed E-state index contributed by atoms with van der Waals surface area (Å²) < 4.78 is 0. The van der Waals surface area contributed by atoms with Gasteiger partial charge >= 0.3 is 0 Å². The van der Waals surface area contributed by atoms with E-state index in [1.54, 1.807) is 0 Å². The molecular formula is C8H16S. The van der Waals surface area contributed by atoms with Crippen molar-refractivity contribution in [3.05, 3.63) is 0 Å². The van der Waals surface area contributed by atoms with Crippen molar-refractivity contribution in [2.45, 2.75) is 26.2 Å². The summed E-state index contributed by atoms with van der Waals surface area (Å²) in [6.07, 6.45) is 6.64. The summed E-state index contributed by atoms with van der Waals surface area (Å²) in [6.45, 7) is 2.31. The van der Waals surface area contributed by atoms with Crippen molar-refractivity contribution in [3.8, 4) is 0 Å². The highest BCUT2D eigenvalue weighted by molar-refractivity contribution is 7.98. The van der Waals surface area contributed by atoms with Crippen LogP contribution in [0.2, 0.25) is 0 Å². The summed E-state index contributed by atoms with van der Waals surface area (Å²) in [4.78, 5) is 0. The van der Waals surface area contributed by atoms with E-state index in [0.717, 1.165) is 11.8 Å². The molecule has 1 aliphatic rings. The van der Waals surface area contributed by atoms with Gasteiger partial charge in [0.25, 0.3) is 0 Å². The van der Waals surface area contributed by atoms with Crippen molar-refractivity contribution in [1.82, 2.24) is 0 Å². The number of hydrogen-bond acceptors (Lipinski definition) is 1. The summed E-state index contributed by atoms with van der Waals surface area (Å²) in [5.74, 6) is 3.56. The first kappa shape index (κ1) is 7.46. The molecule has 0 aromatic rings. The van der Waals surface area contributed by atoms with Crippen LogP contribution in [-0.2, 0) is 0 Å². The fourth-order valence-corrected chi connectivity index (χ4v) is 2.32. The minimum absolute atomic E-state index is 1.07. The summed E-state index contributed by atoms with van der Waals surface area (Å²) in [7, 11) is 0. The van der Waals surface area contributed by atoms with E-state index in [1.807, 2.05) is 11.8 Å². The maximum Gasteiger partial charge on any atom is -0.00417 e. The van der Waals surface area contributed by atoms with Gasteiger partial charge in [0, 0.05) is 0 Å². The molecule has 0 aromatic heterocycles. The van der Waals surface area contributed by atoms with Gasteiger partial charge < -0.3 is 0 Å². The number of hydrogen-bond donors (Lipinski definition) is 0. The normalized spacial score (nSPS) is 34.0. The zero-order chi connectivity index (χ0) is 6.69. The van der Waals surface area contributed by atoms with Gasteiger partial charge in [0.05, 0.1) is 0 Å². The predicted octanol–water partition coefficient (Wildman–Crippen LogP) is 2.79. The Labute approximate surface area is 62.4 Å². The Morgan fingerprint density at radius 3 is 2.44 bits per heavy atom. The van der Waals surface area contributed by atoms with Crippen molar-refractivity contribution < 1.29 is 0 Å². The van der Waals surface area contributed by atoms with Gasteiger partial charge in [-0.1, -0.05) is 13.3 Å². The van der Waals surface area contributed by atoms with Crippen molar-refractivity contribution in [1.29, 1.82) is 0 Å². The van der Waals surface area contributed by atoms with Gasteiger partial charge in [-0.25, -0.2) is 0 Å². The first-order valence-electron chi connectivity index (χ1n) is 3.85. The lowest BCUT2D eigenvalue weighted by molar-refractivity contribution is 0.211. The average Bonchev–Trinajstić information content (AvgIpc) is 1.77. The molecule has 1 aliphatic carbocycles. The van der Waals surface area contributed by atoms with Gasteiger partial charge in [-0.15, -0.1) is 0 Å². The lowest BCUT2D eigenvalue weighted by atomic mass is 9.75. The van der Waals surface area contributed by atoms with Crippen molar-refractivity contribution >= 4 is 11.8 Å². The topological polar surface area (TPSA) is 0 Å². The summed E-state index contributed by atoms with van der Waals surface area (Å²) >= 11 is 2.00. The van der Waals surface area contributed by atoms with Crippen LogP contribution in [0.5, 0.6) is 0 Å². The summed E-state index contributed by atoms with van der Waals surface area (Å²) in [6, 6.07) is 0. The van der Waals surface area contributed by atoms with Crippen LogP contribution in [0.15, 0.2) is 0 Å². The molecule has 0 unspecified atom stereocenters. The Bertz CT molecular complexity index is 74.6. The van der Waals surface area contributed by atoms with E-state index in [0.29, 0.717) is 0 Å². The molecule has 54 valence electrons. The zero-order valence-electron chi connectivity index (χ0n) is 6.39. The van der Waals surface area contributed by atoms with Crippen LogP contribution in [-0.4, -0.2) is 12.0 Å². The van der Waals surface area contributed by atoms with Gasteiger partial charge in [-0.2, -0.15) is 11.8 Å². The molecule has 1 heteroatoms. The van der Waals surface area contributed by atoms with Crippen LogP contribution in [0.1, 0.15) is 26.2 Å². The van der Waals surface area contributed by atoms with E-state index in [4.69, 9.17) is 0 Å². The third-order valence-corrected chi connectivity index (χ3v) is 3.12. The van der Waals surface area contributed by atoms with E-state index in [9.17, 15) is 0 Å². The van der Waals surface area contributed by atoms with Crippen LogP contribution in [0.4, 0.5) is 0 Å². The Morgan fingerprint density at radius 2 is 2.00 bits per heavy atom. The summed E-state index contributed by atoms with van der Waals surface area (Å²) in [5.41, 5.74) is 0. The zero-order valence-corrected chi connectivity index (χ0v) is 7.21. The molecule has 0 aliphatic heterocycles. The predicted molar refractivity (Wildman–Crippen MR) is 44.9 cm³/mol. The van der Waals surface area contributed by atoms with E-state index < -0.39 is 0 Å². The van der Waals surface area contributed by atoms with Gasteiger partial charge in [-0.3, -0.25) is 0 Å². The molecule has 0 nitrogen and oxygen atoms in total. The molecule has 1 fully saturated rings. The van der Waals surface area contributed by atoms with Crippen molar-refractivity contribution in [3.63, 3.8) is 0 Å². The maximum absolute atomic E-state index is 2.31. The average molecular weight is 144 g/mol. The second kappa shape index (κ2) is 3.50. The standard InChI is InChI=1S/C8H16S/c1-3-7-4-8(5-7)6-9-2/h7-8H,3-6H2,1-2H3/t7-,8+. The van der Waals surface area contributed by atoms with E-state index in [2.05, 4.69) is 13.2 Å². The quantitative estimate of drug-likeness (QED) is 0.587. The van der Waals surface area contributed by atoms with E-state index in [1.165, 1.54) is 25.0 Å². The second-order valence-corrected chi connectivity index (χ2v) is 3.98. The molecule has 0 N–H and O–H groups in total. The molecule has 1 saturated carbocycles. The molecule has 0 saturated heterocycles. The minimum atomic E-state index is 1.07. The maximum atomic E-state index is 2.31. The van der Waals surface area contributed by atoms with Crippen molar-refractivity contribution in [2.75, 3.05) is 12.0 Å². The molecule has 0 atom stereocenters. The van der Waals surface area contributed by atoms with Crippen LogP contribution in [0.25, 0.3) is 0 Å². The highest BCUT2D eigenvalue weighted by atomic mass is 32.2. The van der Waals surface area contributed by atoms with Crippen molar-refractivity contribution in [2.24, 2.45) is 11.8 Å². The van der Waals surface area contributed by atoms with Gasteiger partial charge in [-0.05, 0) is 36.7 Å². The van der Waals surface area contributed by atoms with Gasteiger partial charge in [0.1, 0.15) is 0 Å². The van der Waals surface area contributed by atoms with Gasteiger partial charge in [0.15, 0.2) is 0 Å². The van der Waals surface area contributed by atoms with Crippen LogP contribution >= 0.6 is 11.8 Å². The largest absolute Gasteiger partial charge is 0.165 e. The molecule has 0 heterocycles. The summed E-state index contributed by atoms with van der Waals surface area (Å²) in [5, 5.41) is 0. The first-order chi connectivity index (χ1) is 4.36. The Kier molecular flexibility index (Phi) is 2.90. The van der Waals surface area contributed by atoms with Gasteiger partial charge in [0.2, 0.25) is 0 Å². The van der Waals surface area contributed by atoms with Crippen LogP contribution in [0, 0.1) is 11.8 Å². The minimum Gasteiger partial charge on any atom is -0.165 e. The Balaban J connectivity index is 1.98. The van der Waals surface area contributed by atoms with E-state index >= 15 is 0 Å². The first-order valence-corrected chi connectivity index (χ1v) is 5.25. The second-order valence-electron chi connectivity index (χ2n) is 3.07. The fourth-order valence-electron chi connectivity index (χ4n) is 1.58. The van der Waals surface area contributed by atoms with Crippen LogP contribution in [0.3, 0.4) is 0 Å². The molecule has 0 spiro atoms. The lowest BCUT2D eigenvalue weighted by Crippen LogP contribution is -2.24. The monoisotopic (exact) mass is 144 g/mol. The molecule has 0 aromatic carbocycles. The molecular weight excluding hydrogens is 128 g/mol. The SMILES string of the molecule is CC[C@H]1C[C@@H](CSC)C1.